The Morgan fingerprint density at radius 3 is 2.53 bits per heavy atom. The number of terminal acetylenes is 1. The van der Waals surface area contributed by atoms with Crippen LogP contribution in [0.2, 0.25) is 0 Å². The van der Waals surface area contributed by atoms with E-state index in [4.69, 9.17) is 11.4 Å². The number of nitriles is 1. The molecule has 8 nitrogen and oxygen atoms in total. The van der Waals surface area contributed by atoms with Crippen LogP contribution in [-0.4, -0.2) is 62.0 Å². The number of anilines is 1. The monoisotopic (exact) mass is 446 g/mol. The SMILES string of the molecule is C#CC#CCN1CCN(c2ccc(-c3cc(-c4cnn(C)c4)cn4ncc(C#N)c34)cn2)CC1. The topological polar surface area (TPSA) is 78.3 Å². The van der Waals surface area contributed by atoms with Crippen molar-refractivity contribution >= 4 is 11.3 Å². The van der Waals surface area contributed by atoms with E-state index in [-0.39, 0.29) is 0 Å². The smallest absolute Gasteiger partial charge is 0.128 e. The van der Waals surface area contributed by atoms with Crippen molar-refractivity contribution in [3.8, 4) is 52.5 Å². The molecule has 0 aromatic carbocycles. The number of aryl methyl sites for hydroxylation is 1. The molecule has 0 N–H and O–H groups in total. The van der Waals surface area contributed by atoms with Crippen LogP contribution >= 0.6 is 0 Å². The molecule has 8 heteroatoms. The number of hydrogen-bond donors (Lipinski definition) is 0. The van der Waals surface area contributed by atoms with Crippen molar-refractivity contribution in [2.45, 2.75) is 0 Å². The fraction of sp³-hybridized carbons (Fsp3) is 0.231. The summed E-state index contributed by atoms with van der Waals surface area (Å²) >= 11 is 0. The molecule has 0 amide bonds. The molecule has 1 fully saturated rings. The zero-order valence-electron chi connectivity index (χ0n) is 18.8. The van der Waals surface area contributed by atoms with E-state index in [2.05, 4.69) is 56.0 Å². The quantitative estimate of drug-likeness (QED) is 0.448. The maximum absolute atomic E-state index is 9.63. The van der Waals surface area contributed by atoms with Gasteiger partial charge >= 0.3 is 0 Å². The summed E-state index contributed by atoms with van der Waals surface area (Å²) in [5, 5.41) is 18.3. The second-order valence-electron chi connectivity index (χ2n) is 8.12. The first kappa shape index (κ1) is 21.3. The summed E-state index contributed by atoms with van der Waals surface area (Å²) < 4.78 is 3.52. The summed E-state index contributed by atoms with van der Waals surface area (Å²) in [4.78, 5) is 9.32. The Bertz CT molecular complexity index is 1480. The van der Waals surface area contributed by atoms with Crippen molar-refractivity contribution in [2.24, 2.45) is 7.05 Å². The van der Waals surface area contributed by atoms with Gasteiger partial charge in [0.05, 0.1) is 30.0 Å². The molecule has 5 rings (SSSR count). The number of nitrogens with zero attached hydrogens (tertiary/aromatic N) is 8. The maximum Gasteiger partial charge on any atom is 0.128 e. The van der Waals surface area contributed by atoms with Gasteiger partial charge in [0.15, 0.2) is 0 Å². The van der Waals surface area contributed by atoms with Gasteiger partial charge in [0.2, 0.25) is 0 Å². The van der Waals surface area contributed by atoms with Crippen molar-refractivity contribution in [2.75, 3.05) is 37.6 Å². The van der Waals surface area contributed by atoms with E-state index in [1.54, 1.807) is 15.4 Å². The molecule has 0 atom stereocenters. The van der Waals surface area contributed by atoms with Gasteiger partial charge in [-0.1, -0.05) is 5.92 Å². The Labute approximate surface area is 198 Å². The lowest BCUT2D eigenvalue weighted by Gasteiger charge is -2.34. The molecule has 1 saturated heterocycles. The number of hydrogen-bond acceptors (Lipinski definition) is 6. The second kappa shape index (κ2) is 9.11. The van der Waals surface area contributed by atoms with Crippen LogP contribution in [0.5, 0.6) is 0 Å². The highest BCUT2D eigenvalue weighted by Gasteiger charge is 2.18. The average molecular weight is 447 g/mol. The first-order valence-electron chi connectivity index (χ1n) is 10.9. The minimum atomic E-state index is 0.529. The number of aromatic nitrogens is 5. The van der Waals surface area contributed by atoms with E-state index < -0.39 is 0 Å². The largest absolute Gasteiger partial charge is 0.354 e. The van der Waals surface area contributed by atoms with Crippen molar-refractivity contribution in [3.63, 3.8) is 0 Å². The molecule has 4 aromatic heterocycles. The Hall–Kier alpha value is -4.58. The van der Waals surface area contributed by atoms with E-state index in [0.717, 1.165) is 59.8 Å². The lowest BCUT2D eigenvalue weighted by Crippen LogP contribution is -2.46. The highest BCUT2D eigenvalue weighted by atomic mass is 15.3. The van der Waals surface area contributed by atoms with Crippen LogP contribution in [0.3, 0.4) is 0 Å². The molecular formula is C26H22N8. The molecule has 34 heavy (non-hydrogen) atoms. The van der Waals surface area contributed by atoms with Crippen LogP contribution in [-0.2, 0) is 7.05 Å². The van der Waals surface area contributed by atoms with Crippen LogP contribution in [0.25, 0.3) is 27.8 Å². The van der Waals surface area contributed by atoms with Crippen LogP contribution < -0.4 is 4.90 Å². The van der Waals surface area contributed by atoms with E-state index in [1.807, 2.05) is 37.9 Å². The molecule has 1 aliphatic rings. The maximum atomic E-state index is 9.63. The number of piperazine rings is 1. The van der Waals surface area contributed by atoms with Crippen LogP contribution in [0.4, 0.5) is 5.82 Å². The zero-order valence-corrected chi connectivity index (χ0v) is 18.8. The Kier molecular flexibility index (Phi) is 5.70. The van der Waals surface area contributed by atoms with Crippen molar-refractivity contribution < 1.29 is 0 Å². The van der Waals surface area contributed by atoms with Gasteiger partial charge in [0.1, 0.15) is 11.9 Å². The molecule has 166 valence electrons. The van der Waals surface area contributed by atoms with Gasteiger partial charge in [0, 0.05) is 74.1 Å². The second-order valence-corrected chi connectivity index (χ2v) is 8.12. The summed E-state index contributed by atoms with van der Waals surface area (Å²) in [7, 11) is 1.89. The standard InChI is InChI=1S/C26H22N8/c1-3-4-5-8-32-9-11-33(12-10-32)25-7-6-20(15-28-25)24-13-21(23-17-29-31(2)18-23)19-34-26(24)22(14-27)16-30-34/h1,6-7,13,15-19H,8-12H2,2H3. The van der Waals surface area contributed by atoms with E-state index in [9.17, 15) is 5.26 Å². The van der Waals surface area contributed by atoms with Crippen LogP contribution in [0, 0.1) is 35.5 Å². The van der Waals surface area contributed by atoms with Crippen molar-refractivity contribution in [1.29, 1.82) is 5.26 Å². The van der Waals surface area contributed by atoms with E-state index in [0.29, 0.717) is 12.1 Å². The molecule has 0 spiro atoms. The third-order valence-corrected chi connectivity index (χ3v) is 5.99. The van der Waals surface area contributed by atoms with Crippen LogP contribution in [0.1, 0.15) is 5.56 Å². The van der Waals surface area contributed by atoms with Gasteiger partial charge in [-0.15, -0.1) is 6.42 Å². The Morgan fingerprint density at radius 1 is 1.00 bits per heavy atom. The van der Waals surface area contributed by atoms with Gasteiger partial charge in [0.25, 0.3) is 0 Å². The first-order chi connectivity index (χ1) is 16.7. The third kappa shape index (κ3) is 4.09. The summed E-state index contributed by atoms with van der Waals surface area (Å²) in [6.45, 7) is 4.29. The lowest BCUT2D eigenvalue weighted by molar-refractivity contribution is 0.287. The highest BCUT2D eigenvalue weighted by molar-refractivity contribution is 5.87. The Balaban J connectivity index is 1.43. The molecule has 1 aliphatic heterocycles. The predicted octanol–water partition coefficient (Wildman–Crippen LogP) is 2.43. The number of pyridine rings is 2. The predicted molar refractivity (Wildman–Crippen MR) is 131 cm³/mol. The van der Waals surface area contributed by atoms with Crippen molar-refractivity contribution in [3.05, 3.63) is 54.7 Å². The first-order valence-corrected chi connectivity index (χ1v) is 10.9. The molecule has 0 unspecified atom stereocenters. The van der Waals surface area contributed by atoms with Gasteiger partial charge in [-0.25, -0.2) is 9.50 Å². The lowest BCUT2D eigenvalue weighted by atomic mass is 10.0. The average Bonchev–Trinajstić information content (AvgIpc) is 3.50. The molecule has 0 aliphatic carbocycles. The minimum absolute atomic E-state index is 0.529. The fourth-order valence-electron chi connectivity index (χ4n) is 4.22. The molecule has 0 saturated carbocycles. The summed E-state index contributed by atoms with van der Waals surface area (Å²) in [6, 6.07) is 8.43. The number of fused-ring (bicyclic) bond motifs is 1. The molecule has 4 aromatic rings. The molecule has 0 bridgehead atoms. The molecular weight excluding hydrogens is 424 g/mol. The normalized spacial score (nSPS) is 13.8. The summed E-state index contributed by atoms with van der Waals surface area (Å²) in [5.41, 5.74) is 5.09. The van der Waals surface area contributed by atoms with E-state index in [1.165, 1.54) is 0 Å². The highest BCUT2D eigenvalue weighted by Crippen LogP contribution is 2.32. The van der Waals surface area contributed by atoms with E-state index >= 15 is 0 Å². The molecule has 0 radical (unpaired) electrons. The fourth-order valence-corrected chi connectivity index (χ4v) is 4.22. The van der Waals surface area contributed by atoms with Gasteiger partial charge < -0.3 is 4.90 Å². The van der Waals surface area contributed by atoms with Gasteiger partial charge in [-0.05, 0) is 30.0 Å². The Morgan fingerprint density at radius 2 is 1.85 bits per heavy atom. The summed E-state index contributed by atoms with van der Waals surface area (Å²) in [6.07, 6.45) is 14.4. The zero-order chi connectivity index (χ0) is 23.5. The molecule has 5 heterocycles. The number of rotatable bonds is 4. The minimum Gasteiger partial charge on any atom is -0.354 e. The van der Waals surface area contributed by atoms with Gasteiger partial charge in [-0.3, -0.25) is 9.58 Å². The van der Waals surface area contributed by atoms with Crippen molar-refractivity contribution in [1.82, 2.24) is 29.3 Å². The van der Waals surface area contributed by atoms with Gasteiger partial charge in [-0.2, -0.15) is 15.5 Å². The third-order valence-electron chi connectivity index (χ3n) is 5.99. The van der Waals surface area contributed by atoms with Crippen LogP contribution in [0.15, 0.2) is 49.2 Å². The summed E-state index contributed by atoms with van der Waals surface area (Å²) in [5.74, 6) is 8.96.